The zero-order valence-corrected chi connectivity index (χ0v) is 15.0. The summed E-state index contributed by atoms with van der Waals surface area (Å²) in [6, 6.07) is 14.2. The standard InChI is InChI=1S/C17H11NO4S3/c19-15-7-8-16(20)18(15)22-17(21)14-6-5-13(25-14)12-4-3-11(24-12)10-2-1-9-23-10/h1-9,19-20H. The van der Waals surface area contributed by atoms with Crippen molar-refractivity contribution in [2.45, 2.75) is 0 Å². The van der Waals surface area contributed by atoms with E-state index in [0.717, 1.165) is 9.75 Å². The molecule has 0 amide bonds. The zero-order valence-electron chi connectivity index (χ0n) is 12.6. The molecule has 0 fully saturated rings. The van der Waals surface area contributed by atoms with Crippen molar-refractivity contribution in [3.8, 4) is 31.3 Å². The third kappa shape index (κ3) is 3.07. The first-order valence-corrected chi connectivity index (χ1v) is 9.69. The second-order valence-electron chi connectivity index (χ2n) is 5.03. The molecule has 0 saturated carbocycles. The van der Waals surface area contributed by atoms with E-state index in [1.165, 1.54) is 33.2 Å². The molecule has 4 rings (SSSR count). The summed E-state index contributed by atoms with van der Waals surface area (Å²) in [7, 11) is 0. The number of carbonyl (C=O) groups is 1. The second kappa shape index (κ2) is 6.40. The number of aromatic hydroxyl groups is 2. The Labute approximate surface area is 154 Å². The van der Waals surface area contributed by atoms with Gasteiger partial charge in [-0.1, -0.05) is 6.07 Å². The largest absolute Gasteiger partial charge is 0.492 e. The average molecular weight is 389 g/mol. The lowest BCUT2D eigenvalue weighted by Gasteiger charge is -2.05. The molecule has 126 valence electrons. The molecule has 0 aliphatic rings. The summed E-state index contributed by atoms with van der Waals surface area (Å²) in [5.41, 5.74) is 0. The minimum absolute atomic E-state index is 0.346. The highest BCUT2D eigenvalue weighted by molar-refractivity contribution is 7.26. The van der Waals surface area contributed by atoms with Crippen LogP contribution in [-0.2, 0) is 0 Å². The van der Waals surface area contributed by atoms with Gasteiger partial charge in [0.1, 0.15) is 4.88 Å². The molecule has 0 aliphatic heterocycles. The van der Waals surface area contributed by atoms with Crippen LogP contribution in [0.2, 0.25) is 0 Å². The molecule has 0 aliphatic carbocycles. The molecule has 25 heavy (non-hydrogen) atoms. The zero-order chi connectivity index (χ0) is 17.4. The molecule has 8 heteroatoms. The van der Waals surface area contributed by atoms with Gasteiger partial charge in [0.25, 0.3) is 0 Å². The van der Waals surface area contributed by atoms with Crippen LogP contribution in [0.3, 0.4) is 0 Å². The Morgan fingerprint density at radius 3 is 2.16 bits per heavy atom. The fraction of sp³-hybridized carbons (Fsp3) is 0. The highest BCUT2D eigenvalue weighted by atomic mass is 32.1. The molecule has 0 aromatic carbocycles. The lowest BCUT2D eigenvalue weighted by atomic mass is 10.3. The molecule has 0 spiro atoms. The lowest BCUT2D eigenvalue weighted by molar-refractivity contribution is 0.0387. The fourth-order valence-corrected chi connectivity index (χ4v) is 5.03. The van der Waals surface area contributed by atoms with Gasteiger partial charge in [0, 0.05) is 31.6 Å². The Bertz CT molecular complexity index is 1010. The van der Waals surface area contributed by atoms with Crippen molar-refractivity contribution in [3.63, 3.8) is 0 Å². The third-order valence-electron chi connectivity index (χ3n) is 3.39. The second-order valence-corrected chi connectivity index (χ2v) is 8.14. The van der Waals surface area contributed by atoms with Gasteiger partial charge in [-0.15, -0.1) is 38.7 Å². The van der Waals surface area contributed by atoms with Crippen molar-refractivity contribution < 1.29 is 19.8 Å². The summed E-state index contributed by atoms with van der Waals surface area (Å²) in [4.78, 5) is 22.0. The van der Waals surface area contributed by atoms with Gasteiger partial charge in [-0.05, 0) is 35.7 Å². The van der Waals surface area contributed by atoms with Gasteiger partial charge >= 0.3 is 5.97 Å². The first-order valence-electron chi connectivity index (χ1n) is 7.18. The molecule has 0 bridgehead atoms. The molecular weight excluding hydrogens is 378 g/mol. The predicted octanol–water partition coefficient (Wildman–Crippen LogP) is 4.69. The van der Waals surface area contributed by atoms with E-state index in [0.29, 0.717) is 9.61 Å². The van der Waals surface area contributed by atoms with Gasteiger partial charge in [-0.2, -0.15) is 0 Å². The van der Waals surface area contributed by atoms with Gasteiger partial charge in [0.2, 0.25) is 11.8 Å². The van der Waals surface area contributed by atoms with Crippen LogP contribution in [-0.4, -0.2) is 20.9 Å². The Kier molecular flexibility index (Phi) is 4.08. The maximum Gasteiger partial charge on any atom is 0.373 e. The SMILES string of the molecule is O=C(On1c(O)ccc1O)c1ccc(-c2ccc(-c3cccs3)s2)s1. The van der Waals surface area contributed by atoms with Crippen LogP contribution >= 0.6 is 34.0 Å². The van der Waals surface area contributed by atoms with E-state index in [-0.39, 0.29) is 11.8 Å². The van der Waals surface area contributed by atoms with Gasteiger partial charge in [-0.3, -0.25) is 0 Å². The van der Waals surface area contributed by atoms with Crippen LogP contribution in [0, 0.1) is 0 Å². The van der Waals surface area contributed by atoms with E-state index in [1.54, 1.807) is 28.7 Å². The topological polar surface area (TPSA) is 71.7 Å². The summed E-state index contributed by atoms with van der Waals surface area (Å²) < 4.78 is 0.682. The van der Waals surface area contributed by atoms with E-state index in [1.807, 2.05) is 23.6 Å². The van der Waals surface area contributed by atoms with Crippen molar-refractivity contribution in [1.82, 2.24) is 4.73 Å². The van der Waals surface area contributed by atoms with E-state index in [4.69, 9.17) is 4.84 Å². The van der Waals surface area contributed by atoms with Crippen LogP contribution in [0.4, 0.5) is 0 Å². The Balaban J connectivity index is 1.55. The average Bonchev–Trinajstić information content (AvgIpc) is 3.36. The Hall–Kier alpha value is -2.55. The van der Waals surface area contributed by atoms with Gasteiger partial charge in [-0.25, -0.2) is 4.79 Å². The quantitative estimate of drug-likeness (QED) is 0.531. The van der Waals surface area contributed by atoms with Crippen LogP contribution in [0.1, 0.15) is 9.67 Å². The molecule has 4 heterocycles. The highest BCUT2D eigenvalue weighted by Crippen LogP contribution is 2.39. The fourth-order valence-electron chi connectivity index (χ4n) is 2.22. The Morgan fingerprint density at radius 1 is 0.840 bits per heavy atom. The van der Waals surface area contributed by atoms with Gasteiger partial charge in [0.15, 0.2) is 0 Å². The lowest BCUT2D eigenvalue weighted by Crippen LogP contribution is -2.17. The van der Waals surface area contributed by atoms with E-state index < -0.39 is 5.97 Å². The van der Waals surface area contributed by atoms with Crippen molar-refractivity contribution in [1.29, 1.82) is 0 Å². The maximum absolute atomic E-state index is 12.2. The monoisotopic (exact) mass is 389 g/mol. The van der Waals surface area contributed by atoms with Crippen molar-refractivity contribution >= 4 is 40.0 Å². The van der Waals surface area contributed by atoms with E-state index >= 15 is 0 Å². The number of carbonyl (C=O) groups excluding carboxylic acids is 1. The van der Waals surface area contributed by atoms with Crippen LogP contribution in [0.15, 0.2) is 53.9 Å². The predicted molar refractivity (Wildman–Crippen MR) is 99.6 cm³/mol. The number of hydrogen-bond acceptors (Lipinski definition) is 7. The van der Waals surface area contributed by atoms with Crippen LogP contribution < -0.4 is 4.84 Å². The smallest absolute Gasteiger partial charge is 0.373 e. The summed E-state index contributed by atoms with van der Waals surface area (Å²) in [5, 5.41) is 21.1. The minimum atomic E-state index is -0.645. The maximum atomic E-state index is 12.2. The molecule has 0 radical (unpaired) electrons. The van der Waals surface area contributed by atoms with Crippen LogP contribution in [0.5, 0.6) is 11.8 Å². The van der Waals surface area contributed by atoms with E-state index in [2.05, 4.69) is 12.1 Å². The number of rotatable bonds is 4. The summed E-state index contributed by atoms with van der Waals surface area (Å²) >= 11 is 4.65. The minimum Gasteiger partial charge on any atom is -0.492 e. The number of nitrogens with zero attached hydrogens (tertiary/aromatic N) is 1. The highest BCUT2D eigenvalue weighted by Gasteiger charge is 2.17. The Morgan fingerprint density at radius 2 is 1.48 bits per heavy atom. The molecule has 2 N–H and O–H groups in total. The van der Waals surface area contributed by atoms with Crippen molar-refractivity contribution in [2.24, 2.45) is 0 Å². The molecule has 4 aromatic rings. The summed E-state index contributed by atoms with van der Waals surface area (Å²) in [5.74, 6) is -1.34. The summed E-state index contributed by atoms with van der Waals surface area (Å²) in [6.07, 6.45) is 0. The first kappa shape index (κ1) is 15.9. The number of hydrogen-bond donors (Lipinski definition) is 2. The number of aromatic nitrogens is 1. The normalized spacial score (nSPS) is 10.9. The molecule has 4 aromatic heterocycles. The van der Waals surface area contributed by atoms with Crippen molar-refractivity contribution in [2.75, 3.05) is 0 Å². The van der Waals surface area contributed by atoms with Gasteiger partial charge in [0.05, 0.1) is 0 Å². The van der Waals surface area contributed by atoms with E-state index in [9.17, 15) is 15.0 Å². The molecular formula is C17H11NO4S3. The molecule has 0 saturated heterocycles. The molecule has 5 nitrogen and oxygen atoms in total. The summed E-state index contributed by atoms with van der Waals surface area (Å²) in [6.45, 7) is 0. The van der Waals surface area contributed by atoms with Crippen molar-refractivity contribution in [3.05, 3.63) is 58.8 Å². The number of thiophene rings is 3. The van der Waals surface area contributed by atoms with Gasteiger partial charge < -0.3 is 15.1 Å². The first-order chi connectivity index (χ1) is 12.1. The molecule has 0 unspecified atom stereocenters. The van der Waals surface area contributed by atoms with Crippen LogP contribution in [0.25, 0.3) is 19.5 Å². The molecule has 0 atom stereocenters. The third-order valence-corrected chi connectivity index (χ3v) is 6.80.